The second kappa shape index (κ2) is 14.2. The predicted octanol–water partition coefficient (Wildman–Crippen LogP) is 3.58. The number of aliphatic carboxylic acids is 1. The van der Waals surface area contributed by atoms with Crippen LogP contribution >= 0.6 is 0 Å². The number of hydrogen-bond donors (Lipinski definition) is 1. The van der Waals surface area contributed by atoms with Crippen molar-refractivity contribution in [2.75, 3.05) is 6.61 Å². The Balaban J connectivity index is 3.55. The van der Waals surface area contributed by atoms with Crippen LogP contribution in [0, 0.1) is 0 Å². The van der Waals surface area contributed by atoms with Gasteiger partial charge in [0, 0.05) is 0 Å². The van der Waals surface area contributed by atoms with E-state index in [0.29, 0.717) is 6.42 Å². The highest BCUT2D eigenvalue weighted by Crippen LogP contribution is 2.11. The largest absolute Gasteiger partial charge is 0.481 e. The second-order valence-electron chi connectivity index (χ2n) is 5.76. The molecule has 142 valence electrons. The molecule has 0 saturated heterocycles. The topological polar surface area (TPSA) is 107 Å². The van der Waals surface area contributed by atoms with E-state index >= 15 is 0 Å². The molecule has 0 atom stereocenters. The summed E-state index contributed by atoms with van der Waals surface area (Å²) in [6.07, 6.45) is 10.2. The molecule has 0 unspecified atom stereocenters. The average Bonchev–Trinajstić information content (AvgIpc) is 2.50. The van der Waals surface area contributed by atoms with Crippen molar-refractivity contribution in [1.29, 1.82) is 0 Å². The molecule has 1 N–H and O–H groups in total. The maximum atomic E-state index is 11.3. The van der Waals surface area contributed by atoms with Crippen LogP contribution in [-0.4, -0.2) is 32.1 Å². The van der Waals surface area contributed by atoms with E-state index in [2.05, 4.69) is 15.3 Å². The number of unbranched alkanes of at least 4 members (excludes halogenated alkanes) is 9. The van der Waals surface area contributed by atoms with Crippen molar-refractivity contribution in [2.45, 2.75) is 84.0 Å². The fourth-order valence-corrected chi connectivity index (χ4v) is 2.82. The lowest BCUT2D eigenvalue weighted by Crippen LogP contribution is -2.17. The first kappa shape index (κ1) is 22.9. The summed E-state index contributed by atoms with van der Waals surface area (Å²) >= 11 is 0. The Kier molecular flexibility index (Phi) is 13.5. The molecular weight excluding hydrogens is 336 g/mol. The maximum Gasteiger partial charge on any atom is 0.451 e. The third kappa shape index (κ3) is 15.7. The number of carboxylic acid groups (broad SMARTS) is 1. The molecule has 0 rings (SSSR count). The molecule has 0 aromatic rings. The van der Waals surface area contributed by atoms with Crippen LogP contribution in [0.15, 0.2) is 0 Å². The molecule has 0 saturated carbocycles. The first-order valence-electron chi connectivity index (χ1n) is 8.71. The highest BCUT2D eigenvalue weighted by molar-refractivity contribution is 7.82. The summed E-state index contributed by atoms with van der Waals surface area (Å²) in [5.74, 6) is -2.32. The van der Waals surface area contributed by atoms with Crippen molar-refractivity contribution >= 4 is 22.3 Å². The zero-order valence-corrected chi connectivity index (χ0v) is 15.3. The lowest BCUT2D eigenvalue weighted by atomic mass is 10.1. The van der Waals surface area contributed by atoms with E-state index in [0.717, 1.165) is 19.3 Å². The smallest absolute Gasteiger partial charge is 0.451 e. The van der Waals surface area contributed by atoms with E-state index in [1.807, 2.05) is 0 Å². The van der Waals surface area contributed by atoms with Crippen molar-refractivity contribution in [2.24, 2.45) is 0 Å². The van der Waals surface area contributed by atoms with Gasteiger partial charge in [0.25, 0.3) is 0 Å². The van der Waals surface area contributed by atoms with Crippen LogP contribution in [0.4, 0.5) is 0 Å². The lowest BCUT2D eigenvalue weighted by Gasteiger charge is -2.05. The number of hydrogen-bond acceptors (Lipinski definition) is 6. The summed E-state index contributed by atoms with van der Waals surface area (Å²) in [4.78, 5) is 21.4. The molecule has 0 spiro atoms. The molecule has 24 heavy (non-hydrogen) atoms. The van der Waals surface area contributed by atoms with Gasteiger partial charge >= 0.3 is 22.3 Å². The quantitative estimate of drug-likeness (QED) is 0.416. The summed E-state index contributed by atoms with van der Waals surface area (Å²) in [5, 5.41) is 8.39. The highest BCUT2D eigenvalue weighted by Gasteiger charge is 2.18. The summed E-state index contributed by atoms with van der Waals surface area (Å²) in [7, 11) is -4.38. The van der Waals surface area contributed by atoms with E-state index in [-0.39, 0.29) is 6.61 Å². The fourth-order valence-electron chi connectivity index (χ4n) is 2.14. The van der Waals surface area contributed by atoms with Crippen molar-refractivity contribution in [3.05, 3.63) is 0 Å². The molecule has 0 aromatic heterocycles. The molecule has 0 aliphatic rings. The van der Waals surface area contributed by atoms with E-state index in [9.17, 15) is 18.0 Å². The van der Waals surface area contributed by atoms with Crippen molar-refractivity contribution in [3.63, 3.8) is 0 Å². The van der Waals surface area contributed by atoms with Gasteiger partial charge in [0.2, 0.25) is 0 Å². The van der Waals surface area contributed by atoms with Gasteiger partial charge in [-0.05, 0) is 6.42 Å². The molecule has 0 fully saturated rings. The third-order valence-electron chi connectivity index (χ3n) is 3.46. The van der Waals surface area contributed by atoms with Gasteiger partial charge in [0.05, 0.1) is 19.4 Å². The molecule has 0 aliphatic carbocycles. The minimum atomic E-state index is -4.38. The number of rotatable bonds is 16. The van der Waals surface area contributed by atoms with Crippen molar-refractivity contribution in [3.8, 4) is 0 Å². The van der Waals surface area contributed by atoms with Crippen LogP contribution in [0.25, 0.3) is 0 Å². The SMILES string of the molecule is CCCCCCCCCCCCOS(=O)(=O)OC(=O)CCC(=O)O. The van der Waals surface area contributed by atoms with Gasteiger partial charge in [-0.2, -0.15) is 8.42 Å². The first-order chi connectivity index (χ1) is 11.4. The zero-order valence-electron chi connectivity index (χ0n) is 14.5. The normalized spacial score (nSPS) is 11.4. The molecule has 0 aromatic carbocycles. The molecule has 0 radical (unpaired) electrons. The Bertz CT molecular complexity index is 445. The van der Waals surface area contributed by atoms with Gasteiger partial charge in [-0.3, -0.25) is 9.59 Å². The van der Waals surface area contributed by atoms with Gasteiger partial charge in [-0.25, -0.2) is 4.18 Å². The average molecular weight is 366 g/mol. The summed E-state index contributed by atoms with van der Waals surface area (Å²) < 4.78 is 31.4. The molecule has 0 heterocycles. The Labute approximate surface area is 145 Å². The molecule has 0 amide bonds. The van der Waals surface area contributed by atoms with Crippen LogP contribution < -0.4 is 0 Å². The minimum Gasteiger partial charge on any atom is -0.481 e. The maximum absolute atomic E-state index is 11.3. The lowest BCUT2D eigenvalue weighted by molar-refractivity contribution is -0.142. The van der Waals surface area contributed by atoms with Gasteiger partial charge < -0.3 is 9.29 Å². The van der Waals surface area contributed by atoms with E-state index in [1.54, 1.807) is 0 Å². The zero-order chi connectivity index (χ0) is 18.3. The van der Waals surface area contributed by atoms with Crippen LogP contribution in [0.5, 0.6) is 0 Å². The summed E-state index contributed by atoms with van der Waals surface area (Å²) in [6.45, 7) is 2.16. The van der Waals surface area contributed by atoms with Crippen LogP contribution in [-0.2, 0) is 28.4 Å². The Morgan fingerprint density at radius 2 is 1.33 bits per heavy atom. The van der Waals surface area contributed by atoms with Gasteiger partial charge in [0.15, 0.2) is 0 Å². The first-order valence-corrected chi connectivity index (χ1v) is 10.0. The Morgan fingerprint density at radius 3 is 1.83 bits per heavy atom. The third-order valence-corrected chi connectivity index (χ3v) is 4.31. The number of carboxylic acids is 1. The van der Waals surface area contributed by atoms with Gasteiger partial charge in [-0.15, -0.1) is 0 Å². The monoisotopic (exact) mass is 366 g/mol. The summed E-state index contributed by atoms with van der Waals surface area (Å²) in [6, 6.07) is 0. The predicted molar refractivity (Wildman–Crippen MR) is 89.7 cm³/mol. The fraction of sp³-hybridized carbons (Fsp3) is 0.875. The number of carbonyl (C=O) groups excluding carboxylic acids is 1. The Hall–Kier alpha value is -1.15. The molecule has 8 heteroatoms. The van der Waals surface area contributed by atoms with Crippen LogP contribution in [0.3, 0.4) is 0 Å². The number of carbonyl (C=O) groups is 2. The van der Waals surface area contributed by atoms with Crippen molar-refractivity contribution < 1.29 is 31.5 Å². The van der Waals surface area contributed by atoms with Gasteiger partial charge in [-0.1, -0.05) is 64.7 Å². The highest BCUT2D eigenvalue weighted by atomic mass is 32.3. The van der Waals surface area contributed by atoms with E-state index < -0.39 is 35.2 Å². The second-order valence-corrected chi connectivity index (χ2v) is 6.98. The van der Waals surface area contributed by atoms with E-state index in [1.165, 1.54) is 38.5 Å². The van der Waals surface area contributed by atoms with Crippen molar-refractivity contribution in [1.82, 2.24) is 0 Å². The summed E-state index contributed by atoms with van der Waals surface area (Å²) in [5.41, 5.74) is 0. The molecule has 7 nitrogen and oxygen atoms in total. The van der Waals surface area contributed by atoms with Crippen LogP contribution in [0.2, 0.25) is 0 Å². The molecule has 0 bridgehead atoms. The Morgan fingerprint density at radius 1 is 0.833 bits per heavy atom. The molecule has 0 aliphatic heterocycles. The van der Waals surface area contributed by atoms with E-state index in [4.69, 9.17) is 5.11 Å². The molecular formula is C16H30O7S. The minimum absolute atomic E-state index is 0.0367. The van der Waals surface area contributed by atoms with Crippen LogP contribution in [0.1, 0.15) is 84.0 Å². The standard InChI is InChI=1S/C16H30O7S/c1-2-3-4-5-6-7-8-9-10-11-14-22-24(20,21)23-16(19)13-12-15(17)18/h2-14H2,1H3,(H,17,18). The van der Waals surface area contributed by atoms with Gasteiger partial charge in [0.1, 0.15) is 0 Å².